The molecule has 3 heteroatoms. The summed E-state index contributed by atoms with van der Waals surface area (Å²) in [6.07, 6.45) is 0.948. The number of halogens is 1. The Morgan fingerprint density at radius 1 is 1.60 bits per heavy atom. The number of aromatic nitrogens is 1. The van der Waals surface area contributed by atoms with Crippen LogP contribution in [-0.4, -0.2) is 4.98 Å². The fourth-order valence-corrected chi connectivity index (χ4v) is 1.43. The first kappa shape index (κ1) is 7.78. The largest absolute Gasteiger partial charge is 0.384 e. The summed E-state index contributed by atoms with van der Waals surface area (Å²) in [5.41, 5.74) is 6.57. The van der Waals surface area contributed by atoms with Crippen molar-refractivity contribution in [3.05, 3.63) is 21.4 Å². The van der Waals surface area contributed by atoms with Crippen LogP contribution in [0.15, 0.2) is 12.1 Å². The SMILES string of the molecule is CCc1nc(N)ccc1I. The van der Waals surface area contributed by atoms with Crippen molar-refractivity contribution in [2.24, 2.45) is 0 Å². The molecule has 54 valence electrons. The van der Waals surface area contributed by atoms with E-state index in [1.807, 2.05) is 12.1 Å². The van der Waals surface area contributed by atoms with Crippen molar-refractivity contribution in [1.29, 1.82) is 0 Å². The predicted octanol–water partition coefficient (Wildman–Crippen LogP) is 1.83. The molecule has 1 rings (SSSR count). The Balaban J connectivity index is 3.09. The van der Waals surface area contributed by atoms with Crippen molar-refractivity contribution in [1.82, 2.24) is 4.98 Å². The van der Waals surface area contributed by atoms with E-state index in [9.17, 15) is 0 Å². The van der Waals surface area contributed by atoms with Gasteiger partial charge in [0, 0.05) is 3.57 Å². The zero-order valence-corrected chi connectivity index (χ0v) is 7.92. The third kappa shape index (κ3) is 1.59. The van der Waals surface area contributed by atoms with Gasteiger partial charge in [-0.05, 0) is 41.1 Å². The van der Waals surface area contributed by atoms with Gasteiger partial charge >= 0.3 is 0 Å². The highest BCUT2D eigenvalue weighted by Crippen LogP contribution is 2.11. The van der Waals surface area contributed by atoms with E-state index in [2.05, 4.69) is 34.5 Å². The minimum Gasteiger partial charge on any atom is -0.384 e. The first-order chi connectivity index (χ1) is 4.74. The first-order valence-corrected chi connectivity index (χ1v) is 4.22. The van der Waals surface area contributed by atoms with Crippen molar-refractivity contribution >= 4 is 28.4 Å². The van der Waals surface area contributed by atoms with Gasteiger partial charge in [-0.15, -0.1) is 0 Å². The van der Waals surface area contributed by atoms with Crippen molar-refractivity contribution < 1.29 is 0 Å². The Bertz CT molecular complexity index is 235. The van der Waals surface area contributed by atoms with Crippen LogP contribution in [0.2, 0.25) is 0 Å². The minimum absolute atomic E-state index is 0.609. The molecule has 2 N–H and O–H groups in total. The summed E-state index contributed by atoms with van der Waals surface area (Å²) >= 11 is 2.26. The van der Waals surface area contributed by atoms with Crippen LogP contribution in [0, 0.1) is 3.57 Å². The van der Waals surface area contributed by atoms with Crippen LogP contribution in [0.3, 0.4) is 0 Å². The zero-order valence-electron chi connectivity index (χ0n) is 5.76. The molecule has 1 heterocycles. The maximum absolute atomic E-state index is 5.49. The number of nitrogen functional groups attached to an aromatic ring is 1. The molecule has 0 unspecified atom stereocenters. The summed E-state index contributed by atoms with van der Waals surface area (Å²) in [6.45, 7) is 2.07. The number of pyridine rings is 1. The molecule has 0 saturated carbocycles. The fraction of sp³-hybridized carbons (Fsp3) is 0.286. The van der Waals surface area contributed by atoms with Crippen LogP contribution in [0.5, 0.6) is 0 Å². The van der Waals surface area contributed by atoms with Crippen LogP contribution in [0.25, 0.3) is 0 Å². The minimum atomic E-state index is 0.609. The first-order valence-electron chi connectivity index (χ1n) is 3.15. The number of aryl methyl sites for hydroxylation is 1. The molecule has 0 radical (unpaired) electrons. The summed E-state index contributed by atoms with van der Waals surface area (Å²) in [7, 11) is 0. The number of rotatable bonds is 1. The molecule has 0 atom stereocenters. The monoisotopic (exact) mass is 248 g/mol. The highest BCUT2D eigenvalue weighted by atomic mass is 127. The summed E-state index contributed by atoms with van der Waals surface area (Å²) in [5.74, 6) is 0.609. The van der Waals surface area contributed by atoms with E-state index >= 15 is 0 Å². The summed E-state index contributed by atoms with van der Waals surface area (Å²) in [4.78, 5) is 4.16. The second-order valence-corrected chi connectivity index (χ2v) is 3.18. The van der Waals surface area contributed by atoms with Crippen LogP contribution >= 0.6 is 22.6 Å². The molecule has 1 aromatic rings. The number of nitrogens with zero attached hydrogens (tertiary/aromatic N) is 1. The molecule has 0 bridgehead atoms. The Hall–Kier alpha value is -0.320. The molecule has 0 fully saturated rings. The molecule has 0 aliphatic rings. The van der Waals surface area contributed by atoms with Crippen LogP contribution in [-0.2, 0) is 6.42 Å². The lowest BCUT2D eigenvalue weighted by Crippen LogP contribution is -1.96. The second-order valence-electron chi connectivity index (χ2n) is 2.02. The van der Waals surface area contributed by atoms with E-state index in [1.165, 1.54) is 3.57 Å². The molecule has 1 aromatic heterocycles. The topological polar surface area (TPSA) is 38.9 Å². The van der Waals surface area contributed by atoms with E-state index in [0.717, 1.165) is 12.1 Å². The van der Waals surface area contributed by atoms with Gasteiger partial charge in [-0.2, -0.15) is 0 Å². The van der Waals surface area contributed by atoms with Gasteiger partial charge < -0.3 is 5.73 Å². The molecular formula is C7H9IN2. The number of hydrogen-bond acceptors (Lipinski definition) is 2. The maximum Gasteiger partial charge on any atom is 0.123 e. The van der Waals surface area contributed by atoms with E-state index in [0.29, 0.717) is 5.82 Å². The van der Waals surface area contributed by atoms with E-state index in [1.54, 1.807) is 0 Å². The summed E-state index contributed by atoms with van der Waals surface area (Å²) < 4.78 is 1.19. The lowest BCUT2D eigenvalue weighted by Gasteiger charge is -1.99. The van der Waals surface area contributed by atoms with Crippen molar-refractivity contribution in [2.45, 2.75) is 13.3 Å². The number of nitrogens with two attached hydrogens (primary N) is 1. The number of anilines is 1. The van der Waals surface area contributed by atoms with Crippen LogP contribution < -0.4 is 5.73 Å². The van der Waals surface area contributed by atoms with Crippen molar-refractivity contribution in [3.8, 4) is 0 Å². The molecule has 0 saturated heterocycles. The highest BCUT2D eigenvalue weighted by Gasteiger charge is 1.97. The van der Waals surface area contributed by atoms with Gasteiger partial charge in [0.15, 0.2) is 0 Å². The van der Waals surface area contributed by atoms with Crippen LogP contribution in [0.1, 0.15) is 12.6 Å². The van der Waals surface area contributed by atoms with Crippen molar-refractivity contribution in [2.75, 3.05) is 5.73 Å². The molecular weight excluding hydrogens is 239 g/mol. The third-order valence-electron chi connectivity index (χ3n) is 1.28. The molecule has 10 heavy (non-hydrogen) atoms. The normalized spacial score (nSPS) is 9.80. The lowest BCUT2D eigenvalue weighted by atomic mass is 10.3. The maximum atomic E-state index is 5.49. The summed E-state index contributed by atoms with van der Waals surface area (Å²) in [6, 6.07) is 3.81. The molecule has 2 nitrogen and oxygen atoms in total. The van der Waals surface area contributed by atoms with Gasteiger partial charge in [-0.3, -0.25) is 0 Å². The van der Waals surface area contributed by atoms with Gasteiger partial charge in [-0.1, -0.05) is 6.92 Å². The zero-order chi connectivity index (χ0) is 7.56. The van der Waals surface area contributed by atoms with Gasteiger partial charge in [0.05, 0.1) is 5.69 Å². The van der Waals surface area contributed by atoms with Gasteiger partial charge in [0.1, 0.15) is 5.82 Å². The smallest absolute Gasteiger partial charge is 0.123 e. The van der Waals surface area contributed by atoms with Gasteiger partial charge in [-0.25, -0.2) is 4.98 Å². The van der Waals surface area contributed by atoms with Crippen molar-refractivity contribution in [3.63, 3.8) is 0 Å². The average molecular weight is 248 g/mol. The van der Waals surface area contributed by atoms with E-state index in [-0.39, 0.29) is 0 Å². The third-order valence-corrected chi connectivity index (χ3v) is 2.26. The van der Waals surface area contributed by atoms with Gasteiger partial charge in [0.25, 0.3) is 0 Å². The Morgan fingerprint density at radius 3 is 2.80 bits per heavy atom. The molecule has 0 aliphatic carbocycles. The highest BCUT2D eigenvalue weighted by molar-refractivity contribution is 14.1. The number of hydrogen-bond donors (Lipinski definition) is 1. The summed E-state index contributed by atoms with van der Waals surface area (Å²) in [5, 5.41) is 0. The van der Waals surface area contributed by atoms with Gasteiger partial charge in [0.2, 0.25) is 0 Å². The second kappa shape index (κ2) is 3.18. The van der Waals surface area contributed by atoms with E-state index < -0.39 is 0 Å². The molecule has 0 amide bonds. The lowest BCUT2D eigenvalue weighted by molar-refractivity contribution is 1.03. The molecule has 0 spiro atoms. The Labute approximate surface area is 74.0 Å². The Morgan fingerprint density at radius 2 is 2.30 bits per heavy atom. The molecule has 0 aliphatic heterocycles. The quantitative estimate of drug-likeness (QED) is 0.770. The average Bonchev–Trinajstić information content (AvgIpc) is 1.94. The fourth-order valence-electron chi connectivity index (χ4n) is 0.749. The Kier molecular flexibility index (Phi) is 2.48. The predicted molar refractivity (Wildman–Crippen MR) is 50.7 cm³/mol. The standard InChI is InChI=1S/C7H9IN2/c1-2-6-5(8)3-4-7(9)10-6/h3-4H,2H2,1H3,(H2,9,10). The molecule has 0 aromatic carbocycles. The van der Waals surface area contributed by atoms with Crippen LogP contribution in [0.4, 0.5) is 5.82 Å². The van der Waals surface area contributed by atoms with E-state index in [4.69, 9.17) is 5.73 Å².